The molecule has 0 amide bonds. The van der Waals surface area contributed by atoms with Gasteiger partial charge in [-0.1, -0.05) is 30.3 Å². The zero-order valence-corrected chi connectivity index (χ0v) is 12.3. The number of Topliss-reactive ketones (excluding diaryl/α,β-unsaturated/α-hetero) is 1. The predicted octanol–water partition coefficient (Wildman–Crippen LogP) is 3.65. The monoisotopic (exact) mass is 318 g/mol. The fraction of sp³-hybridized carbons (Fsp3) is 0.333. The number of halogens is 1. The molecule has 0 bridgehead atoms. The number of benzene rings is 1. The third-order valence-electron chi connectivity index (χ3n) is 3.68. The highest BCUT2D eigenvalue weighted by Gasteiger charge is 2.45. The molecule has 0 spiro atoms. The number of ketones is 1. The van der Waals surface area contributed by atoms with Crippen molar-refractivity contribution in [3.63, 3.8) is 0 Å². The van der Waals surface area contributed by atoms with E-state index >= 15 is 0 Å². The molecule has 4 heteroatoms. The van der Waals surface area contributed by atoms with Crippen molar-refractivity contribution in [3.05, 3.63) is 52.3 Å². The third-order valence-corrected chi connectivity index (χ3v) is 4.26. The van der Waals surface area contributed by atoms with Crippen LogP contribution in [0.15, 0.2) is 41.0 Å². The molecule has 0 N–H and O–H groups in total. The van der Waals surface area contributed by atoms with Crippen molar-refractivity contribution in [1.82, 2.24) is 9.78 Å². The van der Waals surface area contributed by atoms with Crippen molar-refractivity contribution in [2.75, 3.05) is 0 Å². The van der Waals surface area contributed by atoms with Gasteiger partial charge in [-0.05, 0) is 40.8 Å². The Labute approximate surface area is 120 Å². The minimum absolute atomic E-state index is 0.112. The van der Waals surface area contributed by atoms with Crippen LogP contribution in [0.2, 0.25) is 0 Å². The lowest BCUT2D eigenvalue weighted by Gasteiger charge is -2.04. The average molecular weight is 319 g/mol. The summed E-state index contributed by atoms with van der Waals surface area (Å²) in [5, 5.41) is 4.21. The summed E-state index contributed by atoms with van der Waals surface area (Å²) in [6, 6.07) is 10.3. The molecule has 2 aromatic rings. The van der Waals surface area contributed by atoms with Gasteiger partial charge >= 0.3 is 0 Å². The lowest BCUT2D eigenvalue weighted by molar-refractivity contribution is 0.0954. The second-order valence-electron chi connectivity index (χ2n) is 4.88. The van der Waals surface area contributed by atoms with E-state index in [2.05, 4.69) is 33.2 Å². The molecule has 19 heavy (non-hydrogen) atoms. The summed E-state index contributed by atoms with van der Waals surface area (Å²) in [5.41, 5.74) is 1.98. The van der Waals surface area contributed by atoms with Gasteiger partial charge < -0.3 is 0 Å². The van der Waals surface area contributed by atoms with Crippen LogP contribution in [-0.4, -0.2) is 15.6 Å². The van der Waals surface area contributed by atoms with E-state index in [1.807, 2.05) is 25.1 Å². The molecule has 0 aliphatic heterocycles. The van der Waals surface area contributed by atoms with Gasteiger partial charge in [0.05, 0.1) is 10.7 Å². The molecule has 1 aliphatic rings. The SMILES string of the molecule is CCn1ncc(Br)c1C(=O)C1CC1c1ccccc1. The van der Waals surface area contributed by atoms with E-state index in [0.29, 0.717) is 11.6 Å². The minimum atomic E-state index is 0.112. The van der Waals surface area contributed by atoms with Gasteiger partial charge in [-0.15, -0.1) is 0 Å². The maximum absolute atomic E-state index is 12.6. The first kappa shape index (κ1) is 12.6. The zero-order valence-electron chi connectivity index (χ0n) is 10.7. The molecule has 2 unspecified atom stereocenters. The normalized spacial score (nSPS) is 21.4. The van der Waals surface area contributed by atoms with Crippen molar-refractivity contribution >= 4 is 21.7 Å². The maximum Gasteiger partial charge on any atom is 0.185 e. The number of hydrogen-bond donors (Lipinski definition) is 0. The lowest BCUT2D eigenvalue weighted by Crippen LogP contribution is -2.12. The Bertz CT molecular complexity index is 606. The Morgan fingerprint density at radius 3 is 2.84 bits per heavy atom. The third kappa shape index (κ3) is 2.25. The molecule has 0 radical (unpaired) electrons. The zero-order chi connectivity index (χ0) is 13.4. The molecule has 2 atom stereocenters. The van der Waals surface area contributed by atoms with Crippen molar-refractivity contribution in [1.29, 1.82) is 0 Å². The lowest BCUT2D eigenvalue weighted by atomic mass is 10.1. The Balaban J connectivity index is 1.82. The van der Waals surface area contributed by atoms with Gasteiger partial charge in [-0.3, -0.25) is 9.48 Å². The largest absolute Gasteiger partial charge is 0.292 e. The molecule has 1 aromatic carbocycles. The molecule has 1 fully saturated rings. The van der Waals surface area contributed by atoms with Gasteiger partial charge in [0.25, 0.3) is 0 Å². The molecular weight excluding hydrogens is 304 g/mol. The van der Waals surface area contributed by atoms with Crippen LogP contribution in [0.25, 0.3) is 0 Å². The first-order chi connectivity index (χ1) is 9.22. The van der Waals surface area contributed by atoms with Gasteiger partial charge in [0.1, 0.15) is 5.69 Å². The molecule has 0 saturated heterocycles. The fourth-order valence-electron chi connectivity index (χ4n) is 2.58. The van der Waals surface area contributed by atoms with Gasteiger partial charge in [-0.2, -0.15) is 5.10 Å². The molecule has 1 saturated carbocycles. The van der Waals surface area contributed by atoms with Gasteiger partial charge in [0.2, 0.25) is 0 Å². The first-order valence-corrected chi connectivity index (χ1v) is 7.32. The molecule has 3 rings (SSSR count). The maximum atomic E-state index is 12.6. The molecule has 1 heterocycles. The smallest absolute Gasteiger partial charge is 0.185 e. The number of aryl methyl sites for hydroxylation is 1. The van der Waals surface area contributed by atoms with Gasteiger partial charge in [-0.25, -0.2) is 0 Å². The van der Waals surface area contributed by atoms with Crippen molar-refractivity contribution in [2.24, 2.45) is 5.92 Å². The standard InChI is InChI=1S/C15H15BrN2O/c1-2-18-14(13(16)9-17-18)15(19)12-8-11(12)10-6-4-3-5-7-10/h3-7,9,11-12H,2,8H2,1H3. The van der Waals surface area contributed by atoms with Crippen LogP contribution in [0.3, 0.4) is 0 Å². The van der Waals surface area contributed by atoms with Crippen molar-refractivity contribution in [3.8, 4) is 0 Å². The number of aromatic nitrogens is 2. The molecule has 1 aromatic heterocycles. The first-order valence-electron chi connectivity index (χ1n) is 6.52. The Morgan fingerprint density at radius 1 is 1.42 bits per heavy atom. The van der Waals surface area contributed by atoms with E-state index in [-0.39, 0.29) is 11.7 Å². The Morgan fingerprint density at radius 2 is 2.16 bits per heavy atom. The predicted molar refractivity (Wildman–Crippen MR) is 77.2 cm³/mol. The molecule has 98 valence electrons. The van der Waals surface area contributed by atoms with Crippen LogP contribution in [0.4, 0.5) is 0 Å². The highest BCUT2D eigenvalue weighted by atomic mass is 79.9. The second kappa shape index (κ2) is 4.93. The van der Waals surface area contributed by atoms with E-state index in [1.165, 1.54) is 5.56 Å². The van der Waals surface area contributed by atoms with Crippen LogP contribution >= 0.6 is 15.9 Å². The van der Waals surface area contributed by atoms with Crippen LogP contribution in [0.1, 0.15) is 35.3 Å². The number of nitrogens with zero attached hydrogens (tertiary/aromatic N) is 2. The summed E-state index contributed by atoms with van der Waals surface area (Å²) in [4.78, 5) is 12.6. The van der Waals surface area contributed by atoms with E-state index < -0.39 is 0 Å². The van der Waals surface area contributed by atoms with Gasteiger partial charge in [0, 0.05) is 12.5 Å². The number of carbonyl (C=O) groups is 1. The number of carbonyl (C=O) groups excluding carboxylic acids is 1. The summed E-state index contributed by atoms with van der Waals surface area (Å²) < 4.78 is 2.57. The van der Waals surface area contributed by atoms with Crippen LogP contribution in [0.5, 0.6) is 0 Å². The summed E-state index contributed by atoms with van der Waals surface area (Å²) in [6.07, 6.45) is 2.65. The minimum Gasteiger partial charge on any atom is -0.292 e. The second-order valence-corrected chi connectivity index (χ2v) is 5.73. The van der Waals surface area contributed by atoms with Crippen molar-refractivity contribution < 1.29 is 4.79 Å². The van der Waals surface area contributed by atoms with E-state index in [9.17, 15) is 4.79 Å². The van der Waals surface area contributed by atoms with Crippen molar-refractivity contribution in [2.45, 2.75) is 25.8 Å². The van der Waals surface area contributed by atoms with Crippen LogP contribution in [0, 0.1) is 5.92 Å². The topological polar surface area (TPSA) is 34.9 Å². The Hall–Kier alpha value is -1.42. The quantitative estimate of drug-likeness (QED) is 0.806. The average Bonchev–Trinajstić information content (AvgIpc) is 3.16. The van der Waals surface area contributed by atoms with Gasteiger partial charge in [0.15, 0.2) is 5.78 Å². The highest BCUT2D eigenvalue weighted by molar-refractivity contribution is 9.10. The van der Waals surface area contributed by atoms with Crippen LogP contribution < -0.4 is 0 Å². The number of hydrogen-bond acceptors (Lipinski definition) is 2. The fourth-order valence-corrected chi connectivity index (χ4v) is 3.07. The summed E-state index contributed by atoms with van der Waals surface area (Å²) in [7, 11) is 0. The number of rotatable bonds is 4. The highest BCUT2D eigenvalue weighted by Crippen LogP contribution is 2.49. The molecule has 1 aliphatic carbocycles. The Kier molecular flexibility index (Phi) is 3.27. The summed E-state index contributed by atoms with van der Waals surface area (Å²) in [5.74, 6) is 0.696. The summed E-state index contributed by atoms with van der Waals surface area (Å²) in [6.45, 7) is 2.72. The molecule has 3 nitrogen and oxygen atoms in total. The molecular formula is C15H15BrN2O. The van der Waals surface area contributed by atoms with Crippen LogP contribution in [-0.2, 0) is 6.54 Å². The van der Waals surface area contributed by atoms with E-state index in [4.69, 9.17) is 0 Å². The van der Waals surface area contributed by atoms with E-state index in [0.717, 1.165) is 17.4 Å². The van der Waals surface area contributed by atoms with E-state index in [1.54, 1.807) is 10.9 Å². The summed E-state index contributed by atoms with van der Waals surface area (Å²) >= 11 is 3.43.